The average molecular weight is 240 g/mol. The van der Waals surface area contributed by atoms with Gasteiger partial charge >= 0.3 is 5.97 Å². The van der Waals surface area contributed by atoms with Crippen LogP contribution in [0.1, 0.15) is 33.1 Å². The van der Waals surface area contributed by atoms with Gasteiger partial charge in [0.05, 0.1) is 0 Å². The number of nitrogens with zero attached hydrogens (tertiary/aromatic N) is 1. The van der Waals surface area contributed by atoms with Crippen LogP contribution in [0.2, 0.25) is 0 Å². The first kappa shape index (κ1) is 12.8. The van der Waals surface area contributed by atoms with E-state index in [0.29, 0.717) is 17.9 Å². The molecule has 0 spiro atoms. The summed E-state index contributed by atoms with van der Waals surface area (Å²) < 4.78 is 0. The van der Waals surface area contributed by atoms with Gasteiger partial charge in [0.2, 0.25) is 0 Å². The summed E-state index contributed by atoms with van der Waals surface area (Å²) in [5.41, 5.74) is 0. The fourth-order valence-electron chi connectivity index (χ4n) is 3.14. The van der Waals surface area contributed by atoms with Crippen LogP contribution in [0.15, 0.2) is 0 Å². The van der Waals surface area contributed by atoms with Crippen LogP contribution in [0.25, 0.3) is 0 Å². The Hall–Kier alpha value is -0.610. The molecular formula is C13H24N2O2. The summed E-state index contributed by atoms with van der Waals surface area (Å²) in [4.78, 5) is 13.7. The molecule has 0 radical (unpaired) electrons. The van der Waals surface area contributed by atoms with E-state index >= 15 is 0 Å². The van der Waals surface area contributed by atoms with Gasteiger partial charge in [-0.25, -0.2) is 0 Å². The van der Waals surface area contributed by atoms with Crippen molar-refractivity contribution >= 4 is 5.97 Å². The number of hydrogen-bond acceptors (Lipinski definition) is 3. The molecular weight excluding hydrogens is 216 g/mol. The molecule has 2 bridgehead atoms. The SMILES string of the molecule is CC(C)CC(NC1CCN2CCC1C2)C(=O)O. The van der Waals surface area contributed by atoms with Crippen molar-refractivity contribution in [3.05, 3.63) is 0 Å². The van der Waals surface area contributed by atoms with E-state index in [4.69, 9.17) is 0 Å². The van der Waals surface area contributed by atoms with Crippen molar-refractivity contribution in [1.29, 1.82) is 0 Å². The van der Waals surface area contributed by atoms with Gasteiger partial charge in [-0.05, 0) is 44.2 Å². The highest BCUT2D eigenvalue weighted by Crippen LogP contribution is 2.27. The molecule has 0 aromatic carbocycles. The van der Waals surface area contributed by atoms with Gasteiger partial charge in [0.1, 0.15) is 6.04 Å². The minimum Gasteiger partial charge on any atom is -0.480 e. The van der Waals surface area contributed by atoms with Crippen LogP contribution in [0.3, 0.4) is 0 Å². The van der Waals surface area contributed by atoms with E-state index in [1.807, 2.05) is 0 Å². The third kappa shape index (κ3) is 3.19. The number of nitrogens with one attached hydrogen (secondary N) is 1. The molecule has 0 amide bonds. The number of hydrogen-bond donors (Lipinski definition) is 2. The van der Waals surface area contributed by atoms with Gasteiger partial charge in [-0.2, -0.15) is 0 Å². The fraction of sp³-hybridized carbons (Fsp3) is 0.923. The molecule has 2 heterocycles. The van der Waals surface area contributed by atoms with Crippen molar-refractivity contribution in [2.75, 3.05) is 19.6 Å². The lowest BCUT2D eigenvalue weighted by atomic mass is 9.92. The third-order valence-electron chi connectivity index (χ3n) is 4.05. The van der Waals surface area contributed by atoms with E-state index in [9.17, 15) is 9.90 Å². The highest BCUT2D eigenvalue weighted by Gasteiger charge is 2.36. The van der Waals surface area contributed by atoms with Gasteiger partial charge in [-0.3, -0.25) is 4.79 Å². The molecule has 2 N–H and O–H groups in total. The Balaban J connectivity index is 1.90. The van der Waals surface area contributed by atoms with E-state index in [2.05, 4.69) is 24.1 Å². The van der Waals surface area contributed by atoms with Crippen molar-refractivity contribution in [2.24, 2.45) is 11.8 Å². The van der Waals surface area contributed by atoms with Gasteiger partial charge in [0.25, 0.3) is 0 Å². The maximum atomic E-state index is 11.2. The van der Waals surface area contributed by atoms with Gasteiger partial charge in [-0.1, -0.05) is 13.8 Å². The van der Waals surface area contributed by atoms with Crippen LogP contribution in [0.5, 0.6) is 0 Å². The van der Waals surface area contributed by atoms with Gasteiger partial charge in [0, 0.05) is 12.6 Å². The Kier molecular flexibility index (Phi) is 4.05. The zero-order chi connectivity index (χ0) is 12.4. The lowest BCUT2D eigenvalue weighted by Gasteiger charge is -2.33. The molecule has 0 aromatic rings. The first-order valence-electron chi connectivity index (χ1n) is 6.77. The number of carbonyl (C=O) groups is 1. The predicted octanol–water partition coefficient (Wildman–Crippen LogP) is 1.17. The van der Waals surface area contributed by atoms with Crippen molar-refractivity contribution in [2.45, 2.75) is 45.2 Å². The second-order valence-corrected chi connectivity index (χ2v) is 5.93. The highest BCUT2D eigenvalue weighted by molar-refractivity contribution is 5.73. The second-order valence-electron chi connectivity index (χ2n) is 5.93. The molecule has 2 aliphatic rings. The second kappa shape index (κ2) is 5.36. The Morgan fingerprint density at radius 1 is 1.41 bits per heavy atom. The number of piperidine rings is 1. The zero-order valence-corrected chi connectivity index (χ0v) is 10.9. The summed E-state index contributed by atoms with van der Waals surface area (Å²) in [5, 5.41) is 12.6. The first-order chi connectivity index (χ1) is 8.06. The molecule has 2 aliphatic heterocycles. The molecule has 2 rings (SSSR count). The molecule has 0 aliphatic carbocycles. The molecule has 17 heavy (non-hydrogen) atoms. The molecule has 2 saturated heterocycles. The van der Waals surface area contributed by atoms with Crippen LogP contribution in [-0.4, -0.2) is 47.7 Å². The van der Waals surface area contributed by atoms with Crippen LogP contribution < -0.4 is 5.32 Å². The Labute approximate surface area is 103 Å². The number of aliphatic carboxylic acids is 1. The fourth-order valence-corrected chi connectivity index (χ4v) is 3.14. The molecule has 4 nitrogen and oxygen atoms in total. The van der Waals surface area contributed by atoms with Crippen LogP contribution in [0.4, 0.5) is 0 Å². The Morgan fingerprint density at radius 2 is 2.12 bits per heavy atom. The number of fused-ring (bicyclic) bond motifs is 2. The Morgan fingerprint density at radius 3 is 2.76 bits per heavy atom. The van der Waals surface area contributed by atoms with Crippen molar-refractivity contribution < 1.29 is 9.90 Å². The lowest BCUT2D eigenvalue weighted by Crippen LogP contribution is -2.50. The molecule has 4 atom stereocenters. The van der Waals surface area contributed by atoms with Crippen LogP contribution in [-0.2, 0) is 4.79 Å². The Bertz CT molecular complexity index is 281. The maximum Gasteiger partial charge on any atom is 0.320 e. The average Bonchev–Trinajstić information content (AvgIpc) is 2.63. The van der Waals surface area contributed by atoms with Gasteiger partial charge in [0.15, 0.2) is 0 Å². The number of carboxylic acid groups (broad SMARTS) is 1. The summed E-state index contributed by atoms with van der Waals surface area (Å²) in [5.74, 6) is 0.393. The van der Waals surface area contributed by atoms with E-state index in [0.717, 1.165) is 25.9 Å². The topological polar surface area (TPSA) is 52.6 Å². The largest absolute Gasteiger partial charge is 0.480 e. The minimum atomic E-state index is -0.695. The summed E-state index contributed by atoms with van der Waals surface area (Å²) in [6.07, 6.45) is 3.06. The maximum absolute atomic E-state index is 11.2. The van der Waals surface area contributed by atoms with Crippen molar-refractivity contribution in [3.8, 4) is 0 Å². The van der Waals surface area contributed by atoms with Crippen molar-refractivity contribution in [1.82, 2.24) is 10.2 Å². The normalized spacial score (nSPS) is 33.9. The van der Waals surface area contributed by atoms with Crippen LogP contribution >= 0.6 is 0 Å². The quantitative estimate of drug-likeness (QED) is 0.757. The van der Waals surface area contributed by atoms with Gasteiger partial charge in [-0.15, -0.1) is 0 Å². The minimum absolute atomic E-state index is 0.368. The predicted molar refractivity (Wildman–Crippen MR) is 67.0 cm³/mol. The summed E-state index contributed by atoms with van der Waals surface area (Å²) in [7, 11) is 0. The first-order valence-corrected chi connectivity index (χ1v) is 6.77. The number of carboxylic acids is 1. The smallest absolute Gasteiger partial charge is 0.320 e. The van der Waals surface area contributed by atoms with Gasteiger partial charge < -0.3 is 15.3 Å². The van der Waals surface area contributed by atoms with Crippen molar-refractivity contribution in [3.63, 3.8) is 0 Å². The molecule has 4 heteroatoms. The number of rotatable bonds is 5. The molecule has 0 aromatic heterocycles. The summed E-state index contributed by atoms with van der Waals surface area (Å²) in [6.45, 7) is 7.64. The highest BCUT2D eigenvalue weighted by atomic mass is 16.4. The monoisotopic (exact) mass is 240 g/mol. The molecule has 98 valence electrons. The molecule has 2 fully saturated rings. The lowest BCUT2D eigenvalue weighted by molar-refractivity contribution is -0.140. The van der Waals surface area contributed by atoms with E-state index in [1.54, 1.807) is 0 Å². The van der Waals surface area contributed by atoms with Crippen LogP contribution in [0, 0.1) is 11.8 Å². The molecule has 0 saturated carbocycles. The third-order valence-corrected chi connectivity index (χ3v) is 4.05. The zero-order valence-electron chi connectivity index (χ0n) is 10.9. The van der Waals surface area contributed by atoms with E-state index < -0.39 is 5.97 Å². The van der Waals surface area contributed by atoms with E-state index in [-0.39, 0.29) is 6.04 Å². The summed E-state index contributed by atoms with van der Waals surface area (Å²) >= 11 is 0. The summed E-state index contributed by atoms with van der Waals surface area (Å²) in [6, 6.07) is 0.0424. The standard InChI is InChI=1S/C13H24N2O2/c1-9(2)7-12(13(16)17)14-11-4-6-15-5-3-10(11)8-15/h9-12,14H,3-8H2,1-2H3,(H,16,17). The molecule has 4 unspecified atom stereocenters. The van der Waals surface area contributed by atoms with E-state index in [1.165, 1.54) is 13.0 Å².